The number of benzene rings is 1. The fourth-order valence-electron chi connectivity index (χ4n) is 2.93. The van der Waals surface area contributed by atoms with Crippen molar-refractivity contribution in [3.8, 4) is 0 Å². The Balaban J connectivity index is 2.04. The van der Waals surface area contributed by atoms with Gasteiger partial charge in [0.05, 0.1) is 5.92 Å². The molecule has 3 nitrogen and oxygen atoms in total. The van der Waals surface area contributed by atoms with Crippen LogP contribution in [0.2, 0.25) is 0 Å². The van der Waals surface area contributed by atoms with Gasteiger partial charge in [0.1, 0.15) is 0 Å². The molecule has 98 valence electrons. The van der Waals surface area contributed by atoms with Crippen LogP contribution in [0.25, 0.3) is 0 Å². The van der Waals surface area contributed by atoms with Gasteiger partial charge in [-0.25, -0.2) is 0 Å². The molecule has 2 atom stereocenters. The van der Waals surface area contributed by atoms with Crippen LogP contribution in [0, 0.1) is 5.92 Å². The first-order chi connectivity index (χ1) is 8.58. The normalized spacial score (nSPS) is 29.1. The van der Waals surface area contributed by atoms with Crippen molar-refractivity contribution in [1.82, 2.24) is 4.90 Å². The van der Waals surface area contributed by atoms with E-state index < -0.39 is 5.97 Å². The molecule has 1 saturated heterocycles. The van der Waals surface area contributed by atoms with E-state index in [1.807, 2.05) is 6.07 Å². The lowest BCUT2D eigenvalue weighted by molar-refractivity contribution is -0.145. The van der Waals surface area contributed by atoms with E-state index in [0.29, 0.717) is 12.1 Å². The Morgan fingerprint density at radius 2 is 1.78 bits per heavy atom. The van der Waals surface area contributed by atoms with Gasteiger partial charge >= 0.3 is 5.97 Å². The summed E-state index contributed by atoms with van der Waals surface area (Å²) in [5, 5.41) is 9.13. The first-order valence-corrected chi connectivity index (χ1v) is 6.60. The monoisotopic (exact) mass is 247 g/mol. The maximum atomic E-state index is 11.1. The molecule has 1 aliphatic rings. The summed E-state index contributed by atoms with van der Waals surface area (Å²) < 4.78 is 0. The highest BCUT2D eigenvalue weighted by Crippen LogP contribution is 2.29. The highest BCUT2D eigenvalue weighted by Gasteiger charge is 2.34. The van der Waals surface area contributed by atoms with Gasteiger partial charge in [-0.2, -0.15) is 0 Å². The number of nitrogens with zero attached hydrogens (tertiary/aromatic N) is 1. The van der Waals surface area contributed by atoms with Crippen LogP contribution in [-0.2, 0) is 11.3 Å². The minimum Gasteiger partial charge on any atom is -0.481 e. The summed E-state index contributed by atoms with van der Waals surface area (Å²) in [5.74, 6) is -0.824. The number of hydrogen-bond acceptors (Lipinski definition) is 2. The molecule has 1 aromatic rings. The van der Waals surface area contributed by atoms with Crippen LogP contribution in [0.3, 0.4) is 0 Å². The molecule has 0 unspecified atom stereocenters. The van der Waals surface area contributed by atoms with Crippen molar-refractivity contribution in [2.75, 3.05) is 0 Å². The van der Waals surface area contributed by atoms with E-state index >= 15 is 0 Å². The van der Waals surface area contributed by atoms with E-state index in [1.54, 1.807) is 0 Å². The molecule has 2 rings (SSSR count). The molecular formula is C15H21NO2. The van der Waals surface area contributed by atoms with Crippen LogP contribution in [0.4, 0.5) is 0 Å². The van der Waals surface area contributed by atoms with Gasteiger partial charge in [-0.3, -0.25) is 9.69 Å². The Labute approximate surface area is 108 Å². The molecule has 0 saturated carbocycles. The van der Waals surface area contributed by atoms with Crippen molar-refractivity contribution in [2.45, 2.75) is 45.3 Å². The van der Waals surface area contributed by atoms with Gasteiger partial charge in [0.15, 0.2) is 0 Å². The summed E-state index contributed by atoms with van der Waals surface area (Å²) in [6, 6.07) is 11.0. The molecular weight excluding hydrogens is 226 g/mol. The van der Waals surface area contributed by atoms with Crippen LogP contribution in [-0.4, -0.2) is 28.1 Å². The second kappa shape index (κ2) is 5.53. The highest BCUT2D eigenvalue weighted by atomic mass is 16.4. The lowest BCUT2D eigenvalue weighted by atomic mass is 9.87. The molecule has 1 aliphatic heterocycles. The molecule has 3 heteroatoms. The van der Waals surface area contributed by atoms with E-state index in [0.717, 1.165) is 19.4 Å². The Bertz CT molecular complexity index is 392. The third-order valence-electron chi connectivity index (χ3n) is 3.94. The third-order valence-corrected chi connectivity index (χ3v) is 3.94. The Morgan fingerprint density at radius 3 is 2.28 bits per heavy atom. The molecule has 1 aromatic carbocycles. The molecule has 0 bridgehead atoms. The van der Waals surface area contributed by atoms with Crippen LogP contribution >= 0.6 is 0 Å². The summed E-state index contributed by atoms with van der Waals surface area (Å²) in [6.45, 7) is 5.18. The molecule has 1 heterocycles. The largest absolute Gasteiger partial charge is 0.481 e. The summed E-state index contributed by atoms with van der Waals surface area (Å²) in [6.07, 6.45) is 1.51. The Kier molecular flexibility index (Phi) is 4.02. The zero-order valence-corrected chi connectivity index (χ0v) is 11.0. The number of carbonyl (C=O) groups is 1. The van der Waals surface area contributed by atoms with Crippen molar-refractivity contribution in [3.05, 3.63) is 35.9 Å². The average Bonchev–Trinajstić information content (AvgIpc) is 2.34. The number of likely N-dealkylation sites (tertiary alicyclic amines) is 1. The van der Waals surface area contributed by atoms with Gasteiger partial charge in [-0.15, -0.1) is 0 Å². The van der Waals surface area contributed by atoms with E-state index in [-0.39, 0.29) is 5.92 Å². The topological polar surface area (TPSA) is 40.5 Å². The number of carboxylic acids is 1. The van der Waals surface area contributed by atoms with Crippen LogP contribution in [0.1, 0.15) is 32.3 Å². The second-order valence-electron chi connectivity index (χ2n) is 5.36. The maximum Gasteiger partial charge on any atom is 0.306 e. The molecule has 1 N–H and O–H groups in total. The average molecular weight is 247 g/mol. The van der Waals surface area contributed by atoms with Crippen molar-refractivity contribution < 1.29 is 9.90 Å². The van der Waals surface area contributed by atoms with Crippen molar-refractivity contribution >= 4 is 5.97 Å². The minimum absolute atomic E-state index is 0.179. The van der Waals surface area contributed by atoms with E-state index in [1.165, 1.54) is 5.56 Å². The van der Waals surface area contributed by atoms with E-state index in [4.69, 9.17) is 5.11 Å². The molecule has 0 aromatic heterocycles. The van der Waals surface area contributed by atoms with Crippen molar-refractivity contribution in [1.29, 1.82) is 0 Å². The minimum atomic E-state index is -0.645. The number of hydrogen-bond donors (Lipinski definition) is 1. The third kappa shape index (κ3) is 2.91. The quantitative estimate of drug-likeness (QED) is 0.893. The molecule has 0 aliphatic carbocycles. The Morgan fingerprint density at radius 1 is 1.22 bits per heavy atom. The van der Waals surface area contributed by atoms with Gasteiger partial charge in [-0.05, 0) is 32.3 Å². The smallest absolute Gasteiger partial charge is 0.306 e. The summed E-state index contributed by atoms with van der Waals surface area (Å²) in [5.41, 5.74) is 1.30. The van der Waals surface area contributed by atoms with Gasteiger partial charge in [0, 0.05) is 18.6 Å². The highest BCUT2D eigenvalue weighted by molar-refractivity contribution is 5.70. The summed E-state index contributed by atoms with van der Waals surface area (Å²) >= 11 is 0. The first-order valence-electron chi connectivity index (χ1n) is 6.60. The number of carboxylic acid groups (broad SMARTS) is 1. The molecule has 0 radical (unpaired) electrons. The summed E-state index contributed by atoms with van der Waals surface area (Å²) in [4.78, 5) is 13.5. The zero-order chi connectivity index (χ0) is 13.1. The molecule has 1 fully saturated rings. The molecule has 18 heavy (non-hydrogen) atoms. The van der Waals surface area contributed by atoms with E-state index in [9.17, 15) is 4.79 Å². The number of rotatable bonds is 3. The van der Waals surface area contributed by atoms with Crippen LogP contribution < -0.4 is 0 Å². The maximum absolute atomic E-state index is 11.1. The molecule has 0 amide bonds. The van der Waals surface area contributed by atoms with Crippen LogP contribution in [0.15, 0.2) is 30.3 Å². The number of piperidine rings is 1. The lowest BCUT2D eigenvalue weighted by Crippen LogP contribution is -2.47. The van der Waals surface area contributed by atoms with Crippen LogP contribution in [0.5, 0.6) is 0 Å². The fraction of sp³-hybridized carbons (Fsp3) is 0.533. The van der Waals surface area contributed by atoms with Crippen molar-refractivity contribution in [3.63, 3.8) is 0 Å². The Hall–Kier alpha value is -1.35. The predicted molar refractivity (Wildman–Crippen MR) is 71.3 cm³/mol. The predicted octanol–water partition coefficient (Wildman–Crippen LogP) is 2.76. The van der Waals surface area contributed by atoms with Gasteiger partial charge in [-0.1, -0.05) is 30.3 Å². The van der Waals surface area contributed by atoms with Gasteiger partial charge in [0.2, 0.25) is 0 Å². The first kappa shape index (κ1) is 13.1. The lowest BCUT2D eigenvalue weighted by Gasteiger charge is -2.41. The zero-order valence-electron chi connectivity index (χ0n) is 11.0. The van der Waals surface area contributed by atoms with Gasteiger partial charge in [0.25, 0.3) is 0 Å². The summed E-state index contributed by atoms with van der Waals surface area (Å²) in [7, 11) is 0. The fourth-order valence-corrected chi connectivity index (χ4v) is 2.93. The number of aliphatic carboxylic acids is 1. The second-order valence-corrected chi connectivity index (χ2v) is 5.36. The SMILES string of the molecule is C[C@H]1CC(C(=O)O)C[C@H](C)N1Cc1ccccc1. The van der Waals surface area contributed by atoms with Gasteiger partial charge < -0.3 is 5.11 Å². The van der Waals surface area contributed by atoms with E-state index in [2.05, 4.69) is 43.0 Å². The van der Waals surface area contributed by atoms with Crippen molar-refractivity contribution in [2.24, 2.45) is 5.92 Å². The molecule has 0 spiro atoms. The standard InChI is InChI=1S/C15H21NO2/c1-11-8-14(15(17)18)9-12(2)16(11)10-13-6-4-3-5-7-13/h3-7,11-12,14H,8-10H2,1-2H3,(H,17,18)/t11-,12-/m0/s1.